The molecule has 0 fully saturated rings. The first kappa shape index (κ1) is 14.4. The van der Waals surface area contributed by atoms with Crippen molar-refractivity contribution in [2.75, 3.05) is 25.9 Å². The molecule has 0 aliphatic carbocycles. The van der Waals surface area contributed by atoms with E-state index in [0.717, 1.165) is 0 Å². The Bertz CT molecular complexity index is 309. The number of sulfone groups is 1. The molecule has 90 valence electrons. The summed E-state index contributed by atoms with van der Waals surface area (Å²) in [5.41, 5.74) is 0. The molecule has 0 heterocycles. The van der Waals surface area contributed by atoms with Gasteiger partial charge in [0.05, 0.1) is 11.3 Å². The van der Waals surface area contributed by atoms with Crippen LogP contribution in [-0.4, -0.2) is 45.0 Å². The standard InChI is InChI=1S/C9H20N2O3S/c1-5-10-6-8(12)11-7-9(2,3)15(4,13)14/h10H,5-7H2,1-4H3,(H,11,12). The number of carbonyl (C=O) groups excluding carboxylic acids is 1. The monoisotopic (exact) mass is 236 g/mol. The Morgan fingerprint density at radius 2 is 1.87 bits per heavy atom. The SMILES string of the molecule is CCNCC(=O)NCC(C)(C)S(C)(=O)=O. The molecule has 0 saturated heterocycles. The first-order valence-corrected chi connectivity index (χ1v) is 6.77. The highest BCUT2D eigenvalue weighted by molar-refractivity contribution is 7.92. The van der Waals surface area contributed by atoms with E-state index in [-0.39, 0.29) is 19.0 Å². The Hall–Kier alpha value is -0.620. The summed E-state index contributed by atoms with van der Waals surface area (Å²) in [6.07, 6.45) is 1.17. The minimum absolute atomic E-state index is 0.135. The van der Waals surface area contributed by atoms with E-state index < -0.39 is 14.6 Å². The van der Waals surface area contributed by atoms with Gasteiger partial charge < -0.3 is 10.6 Å². The van der Waals surface area contributed by atoms with Crippen LogP contribution < -0.4 is 10.6 Å². The van der Waals surface area contributed by atoms with Gasteiger partial charge in [0.25, 0.3) is 0 Å². The molecule has 5 nitrogen and oxygen atoms in total. The Kier molecular flexibility index (Phi) is 5.23. The second-order valence-corrected chi connectivity index (χ2v) is 6.74. The second kappa shape index (κ2) is 5.46. The van der Waals surface area contributed by atoms with Crippen molar-refractivity contribution in [1.29, 1.82) is 0 Å². The highest BCUT2D eigenvalue weighted by atomic mass is 32.2. The summed E-state index contributed by atoms with van der Waals surface area (Å²) in [5, 5.41) is 5.45. The van der Waals surface area contributed by atoms with Gasteiger partial charge >= 0.3 is 0 Å². The zero-order chi connectivity index (χ0) is 12.1. The normalized spacial score (nSPS) is 12.5. The third-order valence-corrected chi connectivity index (χ3v) is 4.40. The molecule has 0 spiro atoms. The molecule has 1 amide bonds. The van der Waals surface area contributed by atoms with Crippen molar-refractivity contribution < 1.29 is 13.2 Å². The molecule has 0 aliphatic rings. The lowest BCUT2D eigenvalue weighted by atomic mass is 10.2. The van der Waals surface area contributed by atoms with E-state index in [2.05, 4.69) is 10.6 Å². The number of amides is 1. The van der Waals surface area contributed by atoms with Crippen molar-refractivity contribution in [2.24, 2.45) is 0 Å². The summed E-state index contributed by atoms with van der Waals surface area (Å²) in [5.74, 6) is -0.187. The van der Waals surface area contributed by atoms with Crippen LogP contribution in [0.4, 0.5) is 0 Å². The van der Waals surface area contributed by atoms with Crippen LogP contribution in [0.5, 0.6) is 0 Å². The van der Waals surface area contributed by atoms with Crippen molar-refractivity contribution in [3.05, 3.63) is 0 Å². The molecular formula is C9H20N2O3S. The molecule has 0 aromatic rings. The van der Waals surface area contributed by atoms with E-state index >= 15 is 0 Å². The fourth-order valence-electron chi connectivity index (χ4n) is 0.744. The molecule has 6 heteroatoms. The molecule has 0 aromatic carbocycles. The van der Waals surface area contributed by atoms with Crippen LogP contribution in [0.15, 0.2) is 0 Å². The quantitative estimate of drug-likeness (QED) is 0.654. The third kappa shape index (κ3) is 5.13. The van der Waals surface area contributed by atoms with Gasteiger partial charge in [-0.05, 0) is 20.4 Å². The van der Waals surface area contributed by atoms with Crippen molar-refractivity contribution in [3.8, 4) is 0 Å². The Morgan fingerprint density at radius 3 is 2.27 bits per heavy atom. The maximum atomic E-state index is 11.3. The largest absolute Gasteiger partial charge is 0.353 e. The number of rotatable bonds is 6. The molecular weight excluding hydrogens is 216 g/mol. The zero-order valence-electron chi connectivity index (χ0n) is 9.75. The highest BCUT2D eigenvalue weighted by Gasteiger charge is 2.30. The third-order valence-electron chi connectivity index (χ3n) is 2.25. The summed E-state index contributed by atoms with van der Waals surface area (Å²) in [6.45, 7) is 6.15. The van der Waals surface area contributed by atoms with E-state index in [1.54, 1.807) is 13.8 Å². The van der Waals surface area contributed by atoms with Gasteiger partial charge in [-0.25, -0.2) is 8.42 Å². The van der Waals surface area contributed by atoms with E-state index in [0.29, 0.717) is 6.54 Å². The molecule has 0 aromatic heterocycles. The molecule has 15 heavy (non-hydrogen) atoms. The summed E-state index contributed by atoms with van der Waals surface area (Å²) < 4.78 is 21.7. The minimum atomic E-state index is -3.15. The Morgan fingerprint density at radius 1 is 1.33 bits per heavy atom. The van der Waals surface area contributed by atoms with Crippen LogP contribution in [0, 0.1) is 0 Å². The summed E-state index contributed by atoms with van der Waals surface area (Å²) >= 11 is 0. The summed E-state index contributed by atoms with van der Waals surface area (Å²) in [7, 11) is -3.15. The smallest absolute Gasteiger partial charge is 0.234 e. The molecule has 2 N–H and O–H groups in total. The fourth-order valence-corrected chi connectivity index (χ4v) is 1.08. The van der Waals surface area contributed by atoms with Gasteiger partial charge in [0, 0.05) is 12.8 Å². The average Bonchev–Trinajstić information content (AvgIpc) is 2.09. The highest BCUT2D eigenvalue weighted by Crippen LogP contribution is 2.12. The van der Waals surface area contributed by atoms with Crippen molar-refractivity contribution in [1.82, 2.24) is 10.6 Å². The number of carbonyl (C=O) groups is 1. The van der Waals surface area contributed by atoms with Crippen molar-refractivity contribution >= 4 is 15.7 Å². The zero-order valence-corrected chi connectivity index (χ0v) is 10.6. The maximum absolute atomic E-state index is 11.3. The molecule has 0 rings (SSSR count). The molecule has 0 radical (unpaired) electrons. The predicted octanol–water partition coefficient (Wildman–Crippen LogP) is -0.465. The average molecular weight is 236 g/mol. The van der Waals surface area contributed by atoms with E-state index in [1.807, 2.05) is 6.92 Å². The fraction of sp³-hybridized carbons (Fsp3) is 0.889. The van der Waals surface area contributed by atoms with Gasteiger partial charge in [-0.1, -0.05) is 6.92 Å². The topological polar surface area (TPSA) is 75.3 Å². The van der Waals surface area contributed by atoms with E-state index in [1.165, 1.54) is 6.26 Å². The van der Waals surface area contributed by atoms with Gasteiger partial charge in [-0.2, -0.15) is 0 Å². The molecule has 0 unspecified atom stereocenters. The molecule has 0 atom stereocenters. The molecule has 0 aliphatic heterocycles. The lowest BCUT2D eigenvalue weighted by Gasteiger charge is -2.22. The van der Waals surface area contributed by atoms with E-state index in [4.69, 9.17) is 0 Å². The number of hydrogen-bond donors (Lipinski definition) is 2. The lowest BCUT2D eigenvalue weighted by molar-refractivity contribution is -0.120. The van der Waals surface area contributed by atoms with E-state index in [9.17, 15) is 13.2 Å². The molecule has 0 bridgehead atoms. The number of likely N-dealkylation sites (N-methyl/N-ethyl adjacent to an activating group) is 1. The van der Waals surface area contributed by atoms with Crippen molar-refractivity contribution in [3.63, 3.8) is 0 Å². The van der Waals surface area contributed by atoms with Crippen LogP contribution in [0.25, 0.3) is 0 Å². The first-order chi connectivity index (χ1) is 6.70. The molecule has 0 saturated carbocycles. The van der Waals surface area contributed by atoms with Crippen LogP contribution in [-0.2, 0) is 14.6 Å². The van der Waals surface area contributed by atoms with Gasteiger partial charge in [0.15, 0.2) is 9.84 Å². The maximum Gasteiger partial charge on any atom is 0.234 e. The van der Waals surface area contributed by atoms with Gasteiger partial charge in [-0.3, -0.25) is 4.79 Å². The Balaban J connectivity index is 4.11. The van der Waals surface area contributed by atoms with Crippen LogP contribution >= 0.6 is 0 Å². The van der Waals surface area contributed by atoms with Gasteiger partial charge in [0.1, 0.15) is 0 Å². The number of hydrogen-bond acceptors (Lipinski definition) is 4. The van der Waals surface area contributed by atoms with Gasteiger partial charge in [-0.15, -0.1) is 0 Å². The Labute approximate surface area is 91.5 Å². The summed E-state index contributed by atoms with van der Waals surface area (Å²) in [6, 6.07) is 0. The number of nitrogens with one attached hydrogen (secondary N) is 2. The van der Waals surface area contributed by atoms with Crippen molar-refractivity contribution in [2.45, 2.75) is 25.5 Å². The minimum Gasteiger partial charge on any atom is -0.353 e. The summed E-state index contributed by atoms with van der Waals surface area (Å²) in [4.78, 5) is 11.2. The second-order valence-electron chi connectivity index (χ2n) is 4.09. The first-order valence-electron chi connectivity index (χ1n) is 4.87. The predicted molar refractivity (Wildman–Crippen MR) is 60.5 cm³/mol. The van der Waals surface area contributed by atoms with Gasteiger partial charge in [0.2, 0.25) is 5.91 Å². The van der Waals surface area contributed by atoms with Crippen LogP contribution in [0.2, 0.25) is 0 Å². The van der Waals surface area contributed by atoms with Crippen LogP contribution in [0.3, 0.4) is 0 Å². The lowest BCUT2D eigenvalue weighted by Crippen LogP contribution is -2.45. The van der Waals surface area contributed by atoms with Crippen LogP contribution in [0.1, 0.15) is 20.8 Å².